The van der Waals surface area contributed by atoms with Gasteiger partial charge in [0.1, 0.15) is 0 Å². The molecule has 1 saturated heterocycles. The van der Waals surface area contributed by atoms with E-state index in [-0.39, 0.29) is 29.1 Å². The van der Waals surface area contributed by atoms with Crippen molar-refractivity contribution < 1.29 is 17.9 Å². The first kappa shape index (κ1) is 22.9. The van der Waals surface area contributed by atoms with Gasteiger partial charge in [0.25, 0.3) is 0 Å². The minimum atomic E-state index is -3.54. The van der Waals surface area contributed by atoms with Crippen LogP contribution in [0.3, 0.4) is 0 Å². The lowest BCUT2D eigenvalue weighted by Gasteiger charge is -2.23. The van der Waals surface area contributed by atoms with Crippen LogP contribution in [-0.2, 0) is 19.4 Å². The number of hydrogen-bond donors (Lipinski definition) is 0. The number of benzene rings is 2. The molecule has 1 aliphatic rings. The van der Waals surface area contributed by atoms with Gasteiger partial charge in [-0.15, -0.1) is 0 Å². The Kier molecular flexibility index (Phi) is 6.93. The quantitative estimate of drug-likeness (QED) is 0.471. The molecule has 0 aliphatic carbocycles. The zero-order chi connectivity index (χ0) is 22.7. The number of hydrogen-bond acceptors (Lipinski definition) is 6. The summed E-state index contributed by atoms with van der Waals surface area (Å²) in [7, 11) is -3.54. The molecule has 2 heterocycles. The number of anilines is 1. The zero-order valence-corrected chi connectivity index (χ0v) is 20.0. The molecular weight excluding hydrogens is 444 g/mol. The normalized spacial score (nSPS) is 16.7. The highest BCUT2D eigenvalue weighted by molar-refractivity contribution is 7.91. The number of carbonyl (C=O) groups excluding carboxylic acids is 1. The molecular formula is C24H28N2O4S2. The summed E-state index contributed by atoms with van der Waals surface area (Å²) in [5, 5.41) is 0.603. The average Bonchev–Trinajstić information content (AvgIpc) is 3.45. The van der Waals surface area contributed by atoms with Crippen LogP contribution in [0.1, 0.15) is 44.6 Å². The minimum Gasteiger partial charge on any atom is -0.376 e. The molecule has 1 amide bonds. The summed E-state index contributed by atoms with van der Waals surface area (Å²) in [5.41, 5.74) is 2.05. The Bertz CT molecular complexity index is 1180. The molecule has 2 aromatic carbocycles. The number of rotatable bonds is 8. The molecule has 8 heteroatoms. The summed E-state index contributed by atoms with van der Waals surface area (Å²) < 4.78 is 32.2. The van der Waals surface area contributed by atoms with E-state index in [0.717, 1.165) is 28.6 Å². The number of fused-ring (bicyclic) bond motifs is 1. The maximum atomic E-state index is 13.3. The van der Waals surface area contributed by atoms with Crippen molar-refractivity contribution in [2.45, 2.75) is 50.0 Å². The van der Waals surface area contributed by atoms with Gasteiger partial charge in [-0.1, -0.05) is 55.5 Å². The molecule has 170 valence electrons. The van der Waals surface area contributed by atoms with Gasteiger partial charge in [-0.05, 0) is 42.5 Å². The molecule has 0 spiro atoms. The van der Waals surface area contributed by atoms with Gasteiger partial charge < -0.3 is 4.74 Å². The number of carbonyl (C=O) groups is 1. The van der Waals surface area contributed by atoms with Crippen molar-refractivity contribution in [3.63, 3.8) is 0 Å². The van der Waals surface area contributed by atoms with E-state index in [2.05, 4.69) is 19.9 Å². The lowest BCUT2D eigenvalue weighted by atomic mass is 10.0. The lowest BCUT2D eigenvalue weighted by molar-refractivity contribution is -0.118. The van der Waals surface area contributed by atoms with Crippen molar-refractivity contribution in [2.75, 3.05) is 23.8 Å². The molecule has 6 nitrogen and oxygen atoms in total. The van der Waals surface area contributed by atoms with E-state index < -0.39 is 9.84 Å². The number of ether oxygens (including phenoxy) is 1. The van der Waals surface area contributed by atoms with E-state index in [1.807, 2.05) is 12.1 Å². The highest BCUT2D eigenvalue weighted by Crippen LogP contribution is 2.34. The van der Waals surface area contributed by atoms with Gasteiger partial charge in [-0.3, -0.25) is 9.69 Å². The molecule has 0 N–H and O–H groups in total. The van der Waals surface area contributed by atoms with Gasteiger partial charge in [0.15, 0.2) is 15.0 Å². The van der Waals surface area contributed by atoms with Gasteiger partial charge in [0.2, 0.25) is 5.91 Å². The molecule has 1 aromatic heterocycles. The van der Waals surface area contributed by atoms with Crippen LogP contribution in [0.4, 0.5) is 5.13 Å². The fourth-order valence-electron chi connectivity index (χ4n) is 3.92. The third-order valence-electron chi connectivity index (χ3n) is 5.69. The summed E-state index contributed by atoms with van der Waals surface area (Å²) in [5.74, 6) is -0.169. The van der Waals surface area contributed by atoms with Crippen LogP contribution in [0.2, 0.25) is 0 Å². The Balaban J connectivity index is 1.60. The number of aromatic nitrogens is 1. The van der Waals surface area contributed by atoms with Crippen molar-refractivity contribution >= 4 is 42.4 Å². The molecule has 1 fully saturated rings. The molecule has 1 aliphatic heterocycles. The number of nitrogens with zero attached hydrogens (tertiary/aromatic N) is 2. The Morgan fingerprint density at radius 3 is 2.66 bits per heavy atom. The Labute approximate surface area is 193 Å². The highest BCUT2D eigenvalue weighted by atomic mass is 32.2. The topological polar surface area (TPSA) is 76.6 Å². The Hall–Kier alpha value is -2.29. The second kappa shape index (κ2) is 9.68. The summed E-state index contributed by atoms with van der Waals surface area (Å²) in [6, 6.07) is 14.4. The van der Waals surface area contributed by atoms with Crippen LogP contribution in [0.5, 0.6) is 0 Å². The fourth-order valence-corrected chi connectivity index (χ4v) is 6.20. The first-order valence-electron chi connectivity index (χ1n) is 10.9. The second-order valence-corrected chi connectivity index (χ2v) is 11.5. The third-order valence-corrected chi connectivity index (χ3v) is 8.47. The van der Waals surface area contributed by atoms with E-state index in [1.54, 1.807) is 35.2 Å². The van der Waals surface area contributed by atoms with Gasteiger partial charge in [0, 0.05) is 13.0 Å². The average molecular weight is 473 g/mol. The summed E-state index contributed by atoms with van der Waals surface area (Å²) >= 11 is 1.47. The van der Waals surface area contributed by atoms with Gasteiger partial charge in [-0.2, -0.15) is 0 Å². The maximum Gasteiger partial charge on any atom is 0.229 e. The largest absolute Gasteiger partial charge is 0.376 e. The van der Waals surface area contributed by atoms with Crippen LogP contribution in [-0.4, -0.2) is 44.3 Å². The standard InChI is InChI=1S/C24H28N2O4S2/c1-17(2)20-11-6-12-21-23(20)25-24(31-21)26(16-18-8-7-14-30-18)22(27)13-15-32(28,29)19-9-4-3-5-10-19/h3-6,9-12,17-18H,7-8,13-16H2,1-2H3. The van der Waals surface area contributed by atoms with Gasteiger partial charge in [-0.25, -0.2) is 13.4 Å². The number of para-hydroxylation sites is 1. The second-order valence-electron chi connectivity index (χ2n) is 8.37. The van der Waals surface area contributed by atoms with Gasteiger partial charge in [0.05, 0.1) is 33.5 Å². The first-order chi connectivity index (χ1) is 15.3. The van der Waals surface area contributed by atoms with Crippen molar-refractivity contribution in [3.05, 3.63) is 54.1 Å². The van der Waals surface area contributed by atoms with Gasteiger partial charge >= 0.3 is 0 Å². The zero-order valence-electron chi connectivity index (χ0n) is 18.4. The van der Waals surface area contributed by atoms with Crippen LogP contribution in [0.25, 0.3) is 10.2 Å². The highest BCUT2D eigenvalue weighted by Gasteiger charge is 2.28. The number of sulfone groups is 1. The van der Waals surface area contributed by atoms with Crippen LogP contribution < -0.4 is 4.90 Å². The molecule has 0 bridgehead atoms. The Morgan fingerprint density at radius 1 is 1.19 bits per heavy atom. The molecule has 0 radical (unpaired) electrons. The predicted molar refractivity (Wildman–Crippen MR) is 128 cm³/mol. The fraction of sp³-hybridized carbons (Fsp3) is 0.417. The van der Waals surface area contributed by atoms with E-state index in [9.17, 15) is 13.2 Å². The van der Waals surface area contributed by atoms with Crippen LogP contribution >= 0.6 is 11.3 Å². The minimum absolute atomic E-state index is 0.0544. The van der Waals surface area contributed by atoms with Crippen molar-refractivity contribution in [2.24, 2.45) is 0 Å². The molecule has 1 atom stereocenters. The molecule has 1 unspecified atom stereocenters. The van der Waals surface area contributed by atoms with Crippen molar-refractivity contribution in [1.82, 2.24) is 4.98 Å². The number of thiazole rings is 1. The van der Waals surface area contributed by atoms with Crippen LogP contribution in [0, 0.1) is 0 Å². The summed E-state index contributed by atoms with van der Waals surface area (Å²) in [6.07, 6.45) is 1.69. The monoisotopic (exact) mass is 472 g/mol. The molecule has 0 saturated carbocycles. The van der Waals surface area contributed by atoms with E-state index in [0.29, 0.717) is 24.2 Å². The molecule has 32 heavy (non-hydrogen) atoms. The first-order valence-corrected chi connectivity index (χ1v) is 13.4. The van der Waals surface area contributed by atoms with Crippen molar-refractivity contribution in [3.8, 4) is 0 Å². The van der Waals surface area contributed by atoms with E-state index in [4.69, 9.17) is 9.72 Å². The summed E-state index contributed by atoms with van der Waals surface area (Å²) in [6.45, 7) is 5.32. The Morgan fingerprint density at radius 2 is 1.97 bits per heavy atom. The maximum absolute atomic E-state index is 13.3. The van der Waals surface area contributed by atoms with Crippen molar-refractivity contribution in [1.29, 1.82) is 0 Å². The predicted octanol–water partition coefficient (Wildman–Crippen LogP) is 4.80. The SMILES string of the molecule is CC(C)c1cccc2sc(N(CC3CCCO3)C(=O)CCS(=O)(=O)c3ccccc3)nc12. The molecule has 4 rings (SSSR count). The smallest absolute Gasteiger partial charge is 0.229 e. The lowest BCUT2D eigenvalue weighted by Crippen LogP contribution is -2.38. The third kappa shape index (κ3) is 5.03. The molecule has 3 aromatic rings. The van der Waals surface area contributed by atoms with Crippen LogP contribution in [0.15, 0.2) is 53.4 Å². The van der Waals surface area contributed by atoms with E-state index in [1.165, 1.54) is 11.3 Å². The van der Waals surface area contributed by atoms with E-state index >= 15 is 0 Å². The number of amides is 1. The summed E-state index contributed by atoms with van der Waals surface area (Å²) in [4.78, 5) is 20.0.